The minimum absolute atomic E-state index is 0.0112. The van der Waals surface area contributed by atoms with Crippen LogP contribution >= 0.6 is 11.3 Å². The molecule has 0 spiro atoms. The number of anilines is 1. The lowest BCUT2D eigenvalue weighted by Gasteiger charge is -1.97. The number of aromatic nitrogens is 2. The molecule has 0 saturated heterocycles. The van der Waals surface area contributed by atoms with Crippen LogP contribution < -0.4 is 5.32 Å². The molecule has 1 aromatic carbocycles. The molecule has 24 heavy (non-hydrogen) atoms. The van der Waals surface area contributed by atoms with Gasteiger partial charge < -0.3 is 9.84 Å². The van der Waals surface area contributed by atoms with E-state index in [1.807, 2.05) is 31.2 Å². The van der Waals surface area contributed by atoms with Crippen LogP contribution in [0.2, 0.25) is 0 Å². The quantitative estimate of drug-likeness (QED) is 0.562. The highest BCUT2D eigenvalue weighted by Crippen LogP contribution is 2.25. The fraction of sp³-hybridized carbons (Fsp3) is 0.133. The predicted octanol–water partition coefficient (Wildman–Crippen LogP) is 3.20. The first kappa shape index (κ1) is 15.8. The van der Waals surface area contributed by atoms with E-state index in [1.54, 1.807) is 6.07 Å². The fourth-order valence-corrected chi connectivity index (χ4v) is 2.63. The number of aryl methyl sites for hydroxylation is 1. The topological polar surface area (TPSA) is 111 Å². The Kier molecular flexibility index (Phi) is 4.34. The number of nitrogens with zero attached hydrogens (tertiary/aromatic N) is 3. The summed E-state index contributed by atoms with van der Waals surface area (Å²) in [6.07, 6.45) is 1.09. The summed E-state index contributed by atoms with van der Waals surface area (Å²) in [4.78, 5) is 25.8. The summed E-state index contributed by atoms with van der Waals surface area (Å²) >= 11 is 0.797. The molecule has 2 heterocycles. The smallest absolute Gasteiger partial charge is 0.345 e. The lowest BCUT2D eigenvalue weighted by molar-refractivity contribution is -0.380. The zero-order valence-corrected chi connectivity index (χ0v) is 13.4. The minimum atomic E-state index is -0.557. The highest BCUT2D eigenvalue weighted by Gasteiger charge is 2.15. The molecule has 0 aliphatic heterocycles. The van der Waals surface area contributed by atoms with E-state index in [2.05, 4.69) is 15.5 Å². The molecule has 0 atom stereocenters. The van der Waals surface area contributed by atoms with Gasteiger partial charge in [0.05, 0.1) is 17.0 Å². The van der Waals surface area contributed by atoms with E-state index in [4.69, 9.17) is 4.52 Å². The molecule has 2 aromatic heterocycles. The van der Waals surface area contributed by atoms with Crippen LogP contribution in [0.4, 0.5) is 10.1 Å². The van der Waals surface area contributed by atoms with Crippen molar-refractivity contribution in [2.75, 3.05) is 5.32 Å². The molecule has 9 heteroatoms. The molecule has 0 unspecified atom stereocenters. The Bertz CT molecular complexity index is 885. The first-order valence-electron chi connectivity index (χ1n) is 6.94. The van der Waals surface area contributed by atoms with E-state index in [0.29, 0.717) is 11.5 Å². The molecule has 0 radical (unpaired) electrons. The van der Waals surface area contributed by atoms with Crippen LogP contribution in [0.5, 0.6) is 0 Å². The third-order valence-corrected chi connectivity index (χ3v) is 4.02. The van der Waals surface area contributed by atoms with Gasteiger partial charge in [0, 0.05) is 11.6 Å². The summed E-state index contributed by atoms with van der Waals surface area (Å²) in [5, 5.41) is 17.0. The number of benzene rings is 1. The lowest BCUT2D eigenvalue weighted by Crippen LogP contribution is -2.14. The number of carbonyl (C=O) groups excluding carboxylic acids is 1. The maximum Gasteiger partial charge on any atom is 0.345 e. The van der Waals surface area contributed by atoms with Crippen LogP contribution in [-0.2, 0) is 11.2 Å². The summed E-state index contributed by atoms with van der Waals surface area (Å²) in [6, 6.07) is 9.43. The van der Waals surface area contributed by atoms with Gasteiger partial charge in [0.15, 0.2) is 10.9 Å². The summed E-state index contributed by atoms with van der Waals surface area (Å²) < 4.78 is 5.24. The number of nitrogens with one attached hydrogen (secondary N) is 1. The van der Waals surface area contributed by atoms with Crippen molar-refractivity contribution in [3.8, 4) is 11.3 Å². The Morgan fingerprint density at radius 3 is 2.79 bits per heavy atom. The van der Waals surface area contributed by atoms with Gasteiger partial charge in [-0.3, -0.25) is 14.9 Å². The number of nitro groups is 1. The molecule has 1 amide bonds. The number of hydrogen-bond acceptors (Lipinski definition) is 7. The second-order valence-corrected chi connectivity index (χ2v) is 6.04. The molecule has 0 saturated carbocycles. The molecule has 122 valence electrons. The summed E-state index contributed by atoms with van der Waals surface area (Å²) in [7, 11) is 0. The second kappa shape index (κ2) is 6.59. The Hall–Kier alpha value is -3.07. The molecule has 0 bridgehead atoms. The third-order valence-electron chi connectivity index (χ3n) is 3.16. The monoisotopic (exact) mass is 344 g/mol. The maximum atomic E-state index is 12.0. The molecule has 0 aliphatic carbocycles. The zero-order valence-electron chi connectivity index (χ0n) is 12.6. The van der Waals surface area contributed by atoms with Gasteiger partial charge in [0.2, 0.25) is 5.91 Å². The minimum Gasteiger partial charge on any atom is -0.356 e. The van der Waals surface area contributed by atoms with Gasteiger partial charge in [-0.25, -0.2) is 4.98 Å². The van der Waals surface area contributed by atoms with Gasteiger partial charge >= 0.3 is 5.00 Å². The maximum absolute atomic E-state index is 12.0. The normalized spacial score (nSPS) is 10.5. The SMILES string of the molecule is Cc1ccc(-c2cc(CC(=O)Nc3ncc([N+](=O)[O-])s3)no2)cc1. The molecule has 0 aliphatic rings. The number of carbonyl (C=O) groups is 1. The van der Waals surface area contributed by atoms with Crippen molar-refractivity contribution >= 4 is 27.4 Å². The van der Waals surface area contributed by atoms with Crippen LogP contribution in [0, 0.1) is 17.0 Å². The predicted molar refractivity (Wildman–Crippen MR) is 87.8 cm³/mol. The van der Waals surface area contributed by atoms with Gasteiger partial charge in [0.1, 0.15) is 6.20 Å². The van der Waals surface area contributed by atoms with E-state index in [0.717, 1.165) is 28.7 Å². The Morgan fingerprint density at radius 1 is 1.38 bits per heavy atom. The fourth-order valence-electron chi connectivity index (χ4n) is 1.98. The highest BCUT2D eigenvalue weighted by molar-refractivity contribution is 7.18. The molecule has 0 fully saturated rings. The molecule has 3 rings (SSSR count). The average molecular weight is 344 g/mol. The van der Waals surface area contributed by atoms with Crippen LogP contribution in [-0.4, -0.2) is 21.0 Å². The van der Waals surface area contributed by atoms with Crippen molar-refractivity contribution in [3.63, 3.8) is 0 Å². The zero-order chi connectivity index (χ0) is 17.1. The van der Waals surface area contributed by atoms with Crippen LogP contribution in [0.15, 0.2) is 41.1 Å². The van der Waals surface area contributed by atoms with E-state index < -0.39 is 4.92 Å². The molecule has 1 N–H and O–H groups in total. The number of amides is 1. The van der Waals surface area contributed by atoms with Crippen molar-refractivity contribution in [2.24, 2.45) is 0 Å². The van der Waals surface area contributed by atoms with Crippen molar-refractivity contribution in [1.82, 2.24) is 10.1 Å². The summed E-state index contributed by atoms with van der Waals surface area (Å²) in [5.74, 6) is 0.200. The number of thiazole rings is 1. The second-order valence-electron chi connectivity index (χ2n) is 5.03. The van der Waals surface area contributed by atoms with Gasteiger partial charge in [-0.05, 0) is 18.3 Å². The molecular weight excluding hydrogens is 332 g/mol. The van der Waals surface area contributed by atoms with Gasteiger partial charge in [-0.15, -0.1) is 0 Å². The summed E-state index contributed by atoms with van der Waals surface area (Å²) in [6.45, 7) is 1.99. The van der Waals surface area contributed by atoms with Gasteiger partial charge in [-0.2, -0.15) is 0 Å². The van der Waals surface area contributed by atoms with Crippen molar-refractivity contribution < 1.29 is 14.2 Å². The highest BCUT2D eigenvalue weighted by atomic mass is 32.1. The van der Waals surface area contributed by atoms with E-state index in [1.165, 1.54) is 0 Å². The largest absolute Gasteiger partial charge is 0.356 e. The Balaban J connectivity index is 1.64. The van der Waals surface area contributed by atoms with Crippen molar-refractivity contribution in [3.05, 3.63) is 57.9 Å². The summed E-state index contributed by atoms with van der Waals surface area (Å²) in [5.41, 5.74) is 2.47. The third kappa shape index (κ3) is 3.63. The van der Waals surface area contributed by atoms with Gasteiger partial charge in [-0.1, -0.05) is 35.0 Å². The van der Waals surface area contributed by atoms with Crippen LogP contribution in [0.25, 0.3) is 11.3 Å². The molecule has 3 aromatic rings. The molecular formula is C15H12N4O4S. The first-order valence-corrected chi connectivity index (χ1v) is 7.75. The van der Waals surface area contributed by atoms with Crippen molar-refractivity contribution in [1.29, 1.82) is 0 Å². The first-order chi connectivity index (χ1) is 11.5. The molecule has 8 nitrogen and oxygen atoms in total. The number of rotatable bonds is 5. The average Bonchev–Trinajstić information content (AvgIpc) is 3.17. The number of hydrogen-bond donors (Lipinski definition) is 1. The standard InChI is InChI=1S/C15H12N4O4S/c1-9-2-4-10(5-3-9)12-6-11(18-23-12)7-13(20)17-15-16-8-14(24-15)19(21)22/h2-6,8H,7H2,1H3,(H,16,17,20). The lowest BCUT2D eigenvalue weighted by atomic mass is 10.1. The van der Waals surface area contributed by atoms with Gasteiger partial charge in [0.25, 0.3) is 0 Å². The van der Waals surface area contributed by atoms with Crippen molar-refractivity contribution in [2.45, 2.75) is 13.3 Å². The van der Waals surface area contributed by atoms with Crippen LogP contribution in [0.3, 0.4) is 0 Å². The van der Waals surface area contributed by atoms with Crippen LogP contribution in [0.1, 0.15) is 11.3 Å². The van der Waals surface area contributed by atoms with E-state index >= 15 is 0 Å². The van der Waals surface area contributed by atoms with E-state index in [-0.39, 0.29) is 22.5 Å². The Labute approximate surface area is 140 Å². The Morgan fingerprint density at radius 2 is 2.12 bits per heavy atom. The van der Waals surface area contributed by atoms with E-state index in [9.17, 15) is 14.9 Å².